The minimum atomic E-state index is -4.49. The number of alkyl halides is 3. The van der Waals surface area contributed by atoms with Gasteiger partial charge in [0.05, 0.1) is 42.5 Å². The Balaban J connectivity index is 1.13. The highest BCUT2D eigenvalue weighted by Gasteiger charge is 2.41. The largest absolute Gasteiger partial charge is 0.416 e. The number of aromatic nitrogens is 3. The number of aromatic amines is 1. The van der Waals surface area contributed by atoms with Gasteiger partial charge >= 0.3 is 6.18 Å². The van der Waals surface area contributed by atoms with E-state index in [0.29, 0.717) is 44.7 Å². The lowest BCUT2D eigenvalue weighted by Gasteiger charge is -2.24. The molecule has 2 aliphatic heterocycles. The van der Waals surface area contributed by atoms with Crippen molar-refractivity contribution in [3.8, 4) is 0 Å². The number of hydrogen-bond acceptors (Lipinski definition) is 7. The summed E-state index contributed by atoms with van der Waals surface area (Å²) in [5, 5.41) is 12.8. The molecule has 1 aromatic carbocycles. The summed E-state index contributed by atoms with van der Waals surface area (Å²) >= 11 is 0. The fourth-order valence-corrected chi connectivity index (χ4v) is 5.71. The third kappa shape index (κ3) is 5.43. The van der Waals surface area contributed by atoms with Gasteiger partial charge in [0, 0.05) is 42.9 Å². The fourth-order valence-electron chi connectivity index (χ4n) is 5.71. The SMILES string of the molecule is O=C(CNc1n[nH]c2ccc(C(F)(F)F)cc12)NC1CN(C2CCOC2)C[C@@H]1OC1CCc2cc(F)ncc21. The lowest BCUT2D eigenvalue weighted by molar-refractivity contribution is -0.137. The number of pyridine rings is 1. The van der Waals surface area contributed by atoms with Gasteiger partial charge in [-0.1, -0.05) is 0 Å². The van der Waals surface area contributed by atoms with E-state index in [1.165, 1.54) is 18.3 Å². The molecule has 1 aliphatic carbocycles. The van der Waals surface area contributed by atoms with Gasteiger partial charge in [-0.3, -0.25) is 14.8 Å². The summed E-state index contributed by atoms with van der Waals surface area (Å²) in [4.78, 5) is 19.0. The summed E-state index contributed by atoms with van der Waals surface area (Å²) in [5.41, 5.74) is 1.39. The lowest BCUT2D eigenvalue weighted by Crippen LogP contribution is -2.46. The monoisotopic (exact) mass is 548 g/mol. The van der Waals surface area contributed by atoms with Crippen LogP contribution in [-0.4, -0.2) is 77.0 Å². The number of amides is 1. The lowest BCUT2D eigenvalue weighted by atomic mass is 10.1. The highest BCUT2D eigenvalue weighted by atomic mass is 19.4. The minimum Gasteiger partial charge on any atom is -0.380 e. The molecule has 3 N–H and O–H groups in total. The average Bonchev–Trinajstić information content (AvgIpc) is 3.69. The molecule has 0 saturated carbocycles. The maximum Gasteiger partial charge on any atom is 0.416 e. The van der Waals surface area contributed by atoms with Crippen molar-refractivity contribution in [1.29, 1.82) is 0 Å². The van der Waals surface area contributed by atoms with Crippen molar-refractivity contribution in [2.45, 2.75) is 49.7 Å². The van der Waals surface area contributed by atoms with Crippen LogP contribution in [-0.2, 0) is 26.9 Å². The van der Waals surface area contributed by atoms with Gasteiger partial charge in [0.2, 0.25) is 11.9 Å². The van der Waals surface area contributed by atoms with Crippen LogP contribution in [0.5, 0.6) is 0 Å². The van der Waals surface area contributed by atoms with Crippen LogP contribution in [0.15, 0.2) is 30.5 Å². The predicted molar refractivity (Wildman–Crippen MR) is 132 cm³/mol. The Morgan fingerprint density at radius 1 is 1.23 bits per heavy atom. The Bertz CT molecular complexity index is 1360. The van der Waals surface area contributed by atoms with Crippen LogP contribution in [0.2, 0.25) is 0 Å². The zero-order valence-corrected chi connectivity index (χ0v) is 20.9. The van der Waals surface area contributed by atoms with Gasteiger partial charge in [-0.2, -0.15) is 22.7 Å². The van der Waals surface area contributed by atoms with Crippen molar-refractivity contribution in [2.24, 2.45) is 0 Å². The maximum atomic E-state index is 13.6. The summed E-state index contributed by atoms with van der Waals surface area (Å²) in [6.07, 6.45) is -1.21. The molecule has 0 bridgehead atoms. The molecule has 3 aromatic rings. The average molecular weight is 549 g/mol. The first-order chi connectivity index (χ1) is 18.7. The highest BCUT2D eigenvalue weighted by Crippen LogP contribution is 2.36. The van der Waals surface area contributed by atoms with Crippen LogP contribution in [0.4, 0.5) is 23.4 Å². The number of anilines is 1. The normalized spacial score (nSPS) is 25.3. The van der Waals surface area contributed by atoms with Crippen molar-refractivity contribution in [2.75, 3.05) is 38.2 Å². The summed E-state index contributed by atoms with van der Waals surface area (Å²) < 4.78 is 65.1. The van der Waals surface area contributed by atoms with Crippen molar-refractivity contribution >= 4 is 22.6 Å². The van der Waals surface area contributed by atoms with E-state index in [9.17, 15) is 22.4 Å². The van der Waals surface area contributed by atoms with Gasteiger partial charge in [0.25, 0.3) is 0 Å². The number of carbonyl (C=O) groups excluding carboxylic acids is 1. The number of nitrogens with zero attached hydrogens (tertiary/aromatic N) is 3. The number of fused-ring (bicyclic) bond motifs is 2. The first-order valence-corrected chi connectivity index (χ1v) is 12.9. The number of ether oxygens (including phenoxy) is 2. The molecule has 4 atom stereocenters. The summed E-state index contributed by atoms with van der Waals surface area (Å²) in [7, 11) is 0. The van der Waals surface area contributed by atoms with Crippen LogP contribution in [0.25, 0.3) is 10.9 Å². The number of carbonyl (C=O) groups is 1. The van der Waals surface area contributed by atoms with Gasteiger partial charge in [-0.15, -0.1) is 0 Å². The van der Waals surface area contributed by atoms with Crippen molar-refractivity contribution in [1.82, 2.24) is 25.4 Å². The molecule has 2 aromatic heterocycles. The van der Waals surface area contributed by atoms with Crippen LogP contribution < -0.4 is 10.6 Å². The molecule has 3 unspecified atom stereocenters. The molecule has 3 aliphatic rings. The second-order valence-electron chi connectivity index (χ2n) is 10.2. The van der Waals surface area contributed by atoms with Crippen molar-refractivity contribution in [3.05, 3.63) is 53.1 Å². The van der Waals surface area contributed by atoms with E-state index in [2.05, 4.69) is 30.7 Å². The van der Waals surface area contributed by atoms with E-state index in [1.54, 1.807) is 0 Å². The number of nitrogens with one attached hydrogen (secondary N) is 3. The zero-order valence-electron chi connectivity index (χ0n) is 20.9. The van der Waals surface area contributed by atoms with Gasteiger partial charge in [0.1, 0.15) is 0 Å². The standard InChI is InChI=1S/C26H28F4N6O3/c27-23-7-14-1-4-21(18(14)9-31-23)39-22-12-36(16-5-6-38-13-16)11-20(22)33-24(37)10-32-25-17-8-15(26(28,29)30)2-3-19(17)34-35-25/h2-3,7-9,16,20-22H,1,4-6,10-13H2,(H,33,37)(H2,32,34,35)/t16?,20?,21?,22-/m0/s1. The molecule has 2 fully saturated rings. The molecule has 208 valence electrons. The first-order valence-electron chi connectivity index (χ1n) is 12.9. The van der Waals surface area contributed by atoms with Gasteiger partial charge in [0.15, 0.2) is 5.82 Å². The van der Waals surface area contributed by atoms with Crippen LogP contribution in [0.1, 0.15) is 35.6 Å². The van der Waals surface area contributed by atoms with Gasteiger partial charge in [-0.25, -0.2) is 4.98 Å². The quantitative estimate of drug-likeness (QED) is 0.308. The van der Waals surface area contributed by atoms with Gasteiger partial charge < -0.3 is 20.1 Å². The van der Waals surface area contributed by atoms with Crippen LogP contribution in [0, 0.1) is 5.95 Å². The van der Waals surface area contributed by atoms with E-state index < -0.39 is 17.7 Å². The highest BCUT2D eigenvalue weighted by molar-refractivity contribution is 5.92. The molecule has 0 radical (unpaired) electrons. The summed E-state index contributed by atoms with van der Waals surface area (Å²) in [6.45, 7) is 2.32. The third-order valence-corrected chi connectivity index (χ3v) is 7.72. The maximum absolute atomic E-state index is 13.6. The number of hydrogen-bond donors (Lipinski definition) is 3. The second kappa shape index (κ2) is 10.4. The van der Waals surface area contributed by atoms with Crippen LogP contribution >= 0.6 is 0 Å². The number of H-pyrrole nitrogens is 1. The predicted octanol–water partition coefficient (Wildman–Crippen LogP) is 3.19. The number of halogens is 4. The summed E-state index contributed by atoms with van der Waals surface area (Å²) in [5.74, 6) is -0.686. The smallest absolute Gasteiger partial charge is 0.380 e. The minimum absolute atomic E-state index is 0.164. The molecule has 1 amide bonds. The molecular formula is C26H28F4N6O3. The first kappa shape index (κ1) is 26.0. The van der Waals surface area contributed by atoms with Crippen molar-refractivity contribution < 1.29 is 31.8 Å². The van der Waals surface area contributed by atoms with E-state index in [1.807, 2.05) is 0 Å². The second-order valence-corrected chi connectivity index (χ2v) is 10.2. The molecule has 0 spiro atoms. The number of benzene rings is 1. The fraction of sp³-hybridized carbons (Fsp3) is 0.500. The molecule has 2 saturated heterocycles. The Kier molecular flexibility index (Phi) is 6.89. The van der Waals surface area contributed by atoms with Crippen LogP contribution in [0.3, 0.4) is 0 Å². The third-order valence-electron chi connectivity index (χ3n) is 7.72. The molecule has 9 nitrogen and oxygen atoms in total. The number of rotatable bonds is 7. The van der Waals surface area contributed by atoms with E-state index in [-0.39, 0.29) is 47.9 Å². The molecular weight excluding hydrogens is 520 g/mol. The molecule has 4 heterocycles. The molecule has 39 heavy (non-hydrogen) atoms. The number of likely N-dealkylation sites (tertiary alicyclic amines) is 1. The van der Waals surface area contributed by atoms with E-state index >= 15 is 0 Å². The topological polar surface area (TPSA) is 104 Å². The molecule has 13 heteroatoms. The van der Waals surface area contributed by atoms with E-state index in [0.717, 1.165) is 29.7 Å². The summed E-state index contributed by atoms with van der Waals surface area (Å²) in [6, 6.07) is 4.65. The van der Waals surface area contributed by atoms with E-state index in [4.69, 9.17) is 9.47 Å². The Morgan fingerprint density at radius 2 is 2.10 bits per heavy atom. The number of aryl methyl sites for hydroxylation is 1. The Morgan fingerprint density at radius 3 is 2.90 bits per heavy atom. The van der Waals surface area contributed by atoms with Crippen molar-refractivity contribution in [3.63, 3.8) is 0 Å². The Hall–Kier alpha value is -3.29. The Labute approximate surface area is 221 Å². The van der Waals surface area contributed by atoms with Gasteiger partial charge in [-0.05, 0) is 49.1 Å². The molecule has 6 rings (SSSR count). The zero-order chi connectivity index (χ0) is 27.1.